The molecule has 2 aliphatic rings. The molecule has 1 aliphatic carbocycles. The van der Waals surface area contributed by atoms with Gasteiger partial charge in [0.05, 0.1) is 28.2 Å². The first-order valence-electron chi connectivity index (χ1n) is 13.5. The number of hydrogen-bond acceptors (Lipinski definition) is 7. The van der Waals surface area contributed by atoms with Crippen molar-refractivity contribution in [3.8, 4) is 28.7 Å². The fourth-order valence-electron chi connectivity index (χ4n) is 4.39. The highest BCUT2D eigenvalue weighted by Gasteiger charge is 2.25. The molecule has 2 amide bonds. The summed E-state index contributed by atoms with van der Waals surface area (Å²) in [5.74, 6) is 2.82. The second-order valence-corrected chi connectivity index (χ2v) is 10.5. The number of fused-ring (bicyclic) bond motifs is 3. The normalized spacial score (nSPS) is 14.4. The fourth-order valence-corrected chi connectivity index (χ4v) is 4.61. The maximum absolute atomic E-state index is 12.1. The largest absolute Gasteiger partial charge is 0.489 e. The van der Waals surface area contributed by atoms with Crippen molar-refractivity contribution in [2.45, 2.75) is 44.6 Å². The number of amides is 2. The summed E-state index contributed by atoms with van der Waals surface area (Å²) in [7, 11) is 4.19. The highest BCUT2D eigenvalue weighted by atomic mass is 35.5. The number of nitrogens with zero attached hydrogens (tertiary/aromatic N) is 2. The second-order valence-electron chi connectivity index (χ2n) is 10.1. The van der Waals surface area contributed by atoms with Gasteiger partial charge in [-0.25, -0.2) is 4.79 Å². The lowest BCUT2D eigenvalue weighted by Gasteiger charge is -2.23. The number of aromatic nitrogens is 1. The minimum Gasteiger partial charge on any atom is -0.489 e. The highest BCUT2D eigenvalue weighted by molar-refractivity contribution is 6.33. The van der Waals surface area contributed by atoms with Gasteiger partial charge in [-0.1, -0.05) is 24.4 Å². The molecule has 9 nitrogen and oxygen atoms in total. The van der Waals surface area contributed by atoms with Crippen LogP contribution in [0.3, 0.4) is 0 Å². The van der Waals surface area contributed by atoms with Crippen LogP contribution in [0.4, 0.5) is 10.5 Å². The van der Waals surface area contributed by atoms with E-state index in [1.54, 1.807) is 30.5 Å². The first kappa shape index (κ1) is 27.1. The number of ether oxygens (including phenoxy) is 4. The SMILES string of the molecule is CN(C)CCCCCCOc1cc2nccc(Oc3ccc(NC(=O)NC4CC4)c(Cl)c3)c2c2c1OCCO2. The Hall–Kier alpha value is -3.43. The van der Waals surface area contributed by atoms with Crippen molar-refractivity contribution in [3.05, 3.63) is 41.6 Å². The molecule has 39 heavy (non-hydrogen) atoms. The predicted molar refractivity (Wildman–Crippen MR) is 152 cm³/mol. The van der Waals surface area contributed by atoms with Gasteiger partial charge in [-0.3, -0.25) is 4.98 Å². The van der Waals surface area contributed by atoms with Crippen molar-refractivity contribution >= 4 is 34.2 Å². The molecule has 208 valence electrons. The Labute approximate surface area is 233 Å². The van der Waals surface area contributed by atoms with Crippen LogP contribution in [0.25, 0.3) is 10.9 Å². The molecule has 3 aromatic rings. The van der Waals surface area contributed by atoms with Gasteiger partial charge in [-0.2, -0.15) is 0 Å². The van der Waals surface area contributed by atoms with Crippen LogP contribution in [0.2, 0.25) is 5.02 Å². The van der Waals surface area contributed by atoms with Gasteiger partial charge in [0.25, 0.3) is 0 Å². The van der Waals surface area contributed by atoms with E-state index >= 15 is 0 Å². The standard InChI is InChI=1S/C29H35ClN4O5/c1-34(2)13-5-3-4-6-14-36-25-18-23-26(28-27(25)37-15-16-38-28)24(11-12-31-23)39-20-9-10-22(21(30)17-20)33-29(35)32-19-7-8-19/h9-12,17-19H,3-8,13-16H2,1-2H3,(H2,32,33,35). The average molecular weight is 555 g/mol. The lowest BCUT2D eigenvalue weighted by Crippen LogP contribution is -2.30. The van der Waals surface area contributed by atoms with Crippen LogP contribution in [0.15, 0.2) is 36.5 Å². The number of anilines is 1. The first-order valence-corrected chi connectivity index (χ1v) is 13.9. The minimum absolute atomic E-state index is 0.257. The molecular formula is C29H35ClN4O5. The van der Waals surface area contributed by atoms with E-state index in [0.717, 1.165) is 32.2 Å². The van der Waals surface area contributed by atoms with Crippen molar-refractivity contribution in [2.24, 2.45) is 0 Å². The van der Waals surface area contributed by atoms with Crippen LogP contribution in [-0.2, 0) is 0 Å². The zero-order valence-corrected chi connectivity index (χ0v) is 23.2. The third kappa shape index (κ3) is 7.16. The molecule has 2 aromatic carbocycles. The van der Waals surface area contributed by atoms with Crippen molar-refractivity contribution in [2.75, 3.05) is 45.8 Å². The molecule has 2 N–H and O–H groups in total. The van der Waals surface area contributed by atoms with Gasteiger partial charge in [0, 0.05) is 24.4 Å². The van der Waals surface area contributed by atoms with E-state index in [2.05, 4.69) is 34.6 Å². The van der Waals surface area contributed by atoms with Gasteiger partial charge in [0.2, 0.25) is 5.75 Å². The number of unbranched alkanes of at least 4 members (excludes halogenated alkanes) is 3. The Morgan fingerprint density at radius 2 is 1.85 bits per heavy atom. The van der Waals surface area contributed by atoms with Crippen LogP contribution in [-0.4, -0.2) is 62.4 Å². The fraction of sp³-hybridized carbons (Fsp3) is 0.448. The Kier molecular flexibility index (Phi) is 8.78. The summed E-state index contributed by atoms with van der Waals surface area (Å²) in [5.41, 5.74) is 1.19. The van der Waals surface area contributed by atoms with Crippen molar-refractivity contribution in [1.82, 2.24) is 15.2 Å². The number of benzene rings is 2. The van der Waals surface area contributed by atoms with Gasteiger partial charge in [-0.15, -0.1) is 0 Å². The summed E-state index contributed by atoms with van der Waals surface area (Å²) in [6.45, 7) is 2.55. The smallest absolute Gasteiger partial charge is 0.319 e. The number of urea groups is 1. The molecule has 0 bridgehead atoms. The van der Waals surface area contributed by atoms with E-state index in [9.17, 15) is 4.79 Å². The van der Waals surface area contributed by atoms with E-state index in [4.69, 9.17) is 30.5 Å². The number of halogens is 1. The summed E-state index contributed by atoms with van der Waals surface area (Å²) in [4.78, 5) is 18.8. The number of nitrogens with one attached hydrogen (secondary N) is 2. The number of rotatable bonds is 12. The highest BCUT2D eigenvalue weighted by Crippen LogP contribution is 2.48. The topological polar surface area (TPSA) is 94.2 Å². The van der Waals surface area contributed by atoms with E-state index in [1.807, 2.05) is 6.07 Å². The molecule has 0 saturated heterocycles. The maximum Gasteiger partial charge on any atom is 0.319 e. The van der Waals surface area contributed by atoms with Gasteiger partial charge < -0.3 is 34.5 Å². The van der Waals surface area contributed by atoms with E-state index in [0.29, 0.717) is 70.2 Å². The van der Waals surface area contributed by atoms with Gasteiger partial charge in [0.15, 0.2) is 11.5 Å². The first-order chi connectivity index (χ1) is 19.0. The monoisotopic (exact) mass is 554 g/mol. The van der Waals surface area contributed by atoms with Crippen LogP contribution in [0.5, 0.6) is 28.7 Å². The quantitative estimate of drug-likeness (QED) is 0.256. The summed E-state index contributed by atoms with van der Waals surface area (Å²) < 4.78 is 24.4. The molecule has 1 saturated carbocycles. The summed E-state index contributed by atoms with van der Waals surface area (Å²) in [5, 5.41) is 6.74. The molecule has 0 radical (unpaired) electrons. The van der Waals surface area contributed by atoms with Crippen LogP contribution in [0.1, 0.15) is 38.5 Å². The van der Waals surface area contributed by atoms with Gasteiger partial charge >= 0.3 is 6.03 Å². The molecule has 0 unspecified atom stereocenters. The lowest BCUT2D eigenvalue weighted by atomic mass is 10.1. The Balaban J connectivity index is 1.30. The third-order valence-corrected chi connectivity index (χ3v) is 6.84. The van der Waals surface area contributed by atoms with Crippen molar-refractivity contribution in [3.63, 3.8) is 0 Å². The minimum atomic E-state index is -0.265. The third-order valence-electron chi connectivity index (χ3n) is 6.53. The molecule has 1 aromatic heterocycles. The average Bonchev–Trinajstić information content (AvgIpc) is 3.73. The van der Waals surface area contributed by atoms with E-state index in [-0.39, 0.29) is 12.1 Å². The summed E-state index contributed by atoms with van der Waals surface area (Å²) in [6.07, 6.45) is 8.14. The van der Waals surface area contributed by atoms with Gasteiger partial charge in [0.1, 0.15) is 24.7 Å². The Morgan fingerprint density at radius 1 is 1.05 bits per heavy atom. The number of hydrogen-bond donors (Lipinski definition) is 2. The maximum atomic E-state index is 12.1. The van der Waals surface area contributed by atoms with Crippen molar-refractivity contribution < 1.29 is 23.7 Å². The number of pyridine rings is 1. The molecular weight excluding hydrogens is 520 g/mol. The zero-order valence-electron chi connectivity index (χ0n) is 22.4. The molecule has 0 atom stereocenters. The predicted octanol–water partition coefficient (Wildman–Crippen LogP) is 6.24. The second kappa shape index (κ2) is 12.6. The summed E-state index contributed by atoms with van der Waals surface area (Å²) >= 11 is 6.45. The summed E-state index contributed by atoms with van der Waals surface area (Å²) in [6, 6.07) is 8.78. The van der Waals surface area contributed by atoms with Crippen LogP contribution < -0.4 is 29.6 Å². The van der Waals surface area contributed by atoms with E-state index in [1.165, 1.54) is 12.8 Å². The van der Waals surface area contributed by atoms with Gasteiger partial charge in [-0.05, 0) is 64.5 Å². The number of carbonyl (C=O) groups excluding carboxylic acids is 1. The molecule has 10 heteroatoms. The molecule has 2 heterocycles. The molecule has 0 spiro atoms. The van der Waals surface area contributed by atoms with Crippen molar-refractivity contribution in [1.29, 1.82) is 0 Å². The molecule has 1 aliphatic heterocycles. The lowest BCUT2D eigenvalue weighted by molar-refractivity contribution is 0.163. The number of carbonyl (C=O) groups is 1. The van der Waals surface area contributed by atoms with Crippen LogP contribution >= 0.6 is 11.6 Å². The van der Waals surface area contributed by atoms with Crippen LogP contribution in [0, 0.1) is 0 Å². The Morgan fingerprint density at radius 3 is 2.62 bits per heavy atom. The Bertz CT molecular complexity index is 1310. The molecule has 5 rings (SSSR count). The van der Waals surface area contributed by atoms with E-state index < -0.39 is 0 Å². The zero-order chi connectivity index (χ0) is 27.2. The molecule has 1 fully saturated rings.